The van der Waals surface area contributed by atoms with Crippen LogP contribution in [0.15, 0.2) is 54.9 Å². The van der Waals surface area contributed by atoms with E-state index in [-0.39, 0.29) is 24.3 Å². The van der Waals surface area contributed by atoms with E-state index in [4.69, 9.17) is 0 Å². The van der Waals surface area contributed by atoms with Gasteiger partial charge in [-0.05, 0) is 42.8 Å². The van der Waals surface area contributed by atoms with Crippen molar-refractivity contribution in [3.8, 4) is 0 Å². The van der Waals surface area contributed by atoms with Crippen molar-refractivity contribution in [2.45, 2.75) is 12.8 Å². The van der Waals surface area contributed by atoms with Crippen LogP contribution in [0, 0.1) is 0 Å². The summed E-state index contributed by atoms with van der Waals surface area (Å²) in [6.07, 6.45) is 2.93. The van der Waals surface area contributed by atoms with Crippen LogP contribution in [0.1, 0.15) is 23.2 Å². The summed E-state index contributed by atoms with van der Waals surface area (Å²) >= 11 is 0. The average Bonchev–Trinajstić information content (AvgIpc) is 3.33. The molecule has 2 heterocycles. The molecule has 0 saturated carbocycles. The lowest BCUT2D eigenvalue weighted by molar-refractivity contribution is -0.117. The highest BCUT2D eigenvalue weighted by Gasteiger charge is 2.21. The fourth-order valence-corrected chi connectivity index (χ4v) is 3.20. The Balaban J connectivity index is 1.33. The molecule has 1 aromatic heterocycles. The Morgan fingerprint density at radius 1 is 1.07 bits per heavy atom. The lowest BCUT2D eigenvalue weighted by atomic mass is 10.2. The van der Waals surface area contributed by atoms with Gasteiger partial charge in [0.2, 0.25) is 5.91 Å². The molecule has 0 unspecified atom stereocenters. The van der Waals surface area contributed by atoms with Gasteiger partial charge in [-0.1, -0.05) is 12.1 Å². The number of fused-ring (bicyclic) bond motifs is 1. The highest BCUT2D eigenvalue weighted by Crippen LogP contribution is 2.21. The van der Waals surface area contributed by atoms with Gasteiger partial charge in [0.15, 0.2) is 0 Å². The summed E-state index contributed by atoms with van der Waals surface area (Å²) in [6, 6.07) is 14.2. The number of amides is 3. The van der Waals surface area contributed by atoms with Gasteiger partial charge in [0.25, 0.3) is 11.8 Å². The predicted molar refractivity (Wildman–Crippen MR) is 104 cm³/mol. The lowest BCUT2D eigenvalue weighted by Gasteiger charge is -2.15. The second-order valence-corrected chi connectivity index (χ2v) is 6.52. The number of carbonyl (C=O) groups is 3. The molecule has 1 aliphatic rings. The Morgan fingerprint density at radius 3 is 2.61 bits per heavy atom. The highest BCUT2D eigenvalue weighted by atomic mass is 16.2. The second-order valence-electron chi connectivity index (χ2n) is 6.52. The molecule has 1 fully saturated rings. The maximum Gasteiger partial charge on any atom is 0.258 e. The van der Waals surface area contributed by atoms with Crippen LogP contribution in [-0.2, 0) is 9.59 Å². The van der Waals surface area contributed by atoms with Crippen molar-refractivity contribution in [1.29, 1.82) is 0 Å². The Morgan fingerprint density at radius 2 is 1.86 bits per heavy atom. The number of carbonyl (C=O) groups excluding carboxylic acids is 3. The molecule has 2 aromatic carbocycles. The number of anilines is 1. The first-order chi connectivity index (χ1) is 13.6. The van der Waals surface area contributed by atoms with Gasteiger partial charge in [0.05, 0.1) is 17.6 Å². The van der Waals surface area contributed by atoms with E-state index in [1.165, 1.54) is 11.0 Å². The Labute approximate surface area is 161 Å². The van der Waals surface area contributed by atoms with Gasteiger partial charge in [-0.15, -0.1) is 0 Å². The van der Waals surface area contributed by atoms with Gasteiger partial charge in [0.1, 0.15) is 6.33 Å². The van der Waals surface area contributed by atoms with Crippen molar-refractivity contribution in [3.63, 3.8) is 0 Å². The summed E-state index contributed by atoms with van der Waals surface area (Å²) in [5.41, 5.74) is 5.43. The molecule has 0 atom stereocenters. The zero-order valence-electron chi connectivity index (χ0n) is 15.1. The van der Waals surface area contributed by atoms with Gasteiger partial charge >= 0.3 is 0 Å². The standard InChI is InChI=1S/C20H19N5O3/c26-18(23-25-13-22-16-4-1-2-5-17(16)25)12-21-20(28)14-7-9-15(10-8-14)24-11-3-6-19(24)27/h1-2,4-5,7-10,13H,3,6,11-12H2,(H,21,28)(H,23,26). The molecule has 4 rings (SSSR count). The largest absolute Gasteiger partial charge is 0.343 e. The number of nitrogens with zero attached hydrogens (tertiary/aromatic N) is 3. The number of benzene rings is 2. The number of para-hydroxylation sites is 2. The second kappa shape index (κ2) is 7.51. The van der Waals surface area contributed by atoms with Gasteiger partial charge in [-0.25, -0.2) is 9.66 Å². The third-order valence-corrected chi connectivity index (χ3v) is 4.62. The lowest BCUT2D eigenvalue weighted by Crippen LogP contribution is -2.35. The minimum Gasteiger partial charge on any atom is -0.343 e. The van der Waals surface area contributed by atoms with Gasteiger partial charge in [-0.2, -0.15) is 0 Å². The van der Waals surface area contributed by atoms with Crippen molar-refractivity contribution >= 4 is 34.4 Å². The summed E-state index contributed by atoms with van der Waals surface area (Å²) in [7, 11) is 0. The zero-order valence-corrected chi connectivity index (χ0v) is 15.1. The van der Waals surface area contributed by atoms with E-state index in [0.717, 1.165) is 23.1 Å². The Kier molecular flexibility index (Phi) is 4.76. The highest BCUT2D eigenvalue weighted by molar-refractivity contribution is 5.99. The first-order valence-electron chi connectivity index (χ1n) is 9.02. The molecule has 8 nitrogen and oxygen atoms in total. The first-order valence-corrected chi connectivity index (χ1v) is 9.02. The van der Waals surface area contributed by atoms with Crippen molar-refractivity contribution in [1.82, 2.24) is 15.0 Å². The van der Waals surface area contributed by atoms with E-state index in [9.17, 15) is 14.4 Å². The maximum absolute atomic E-state index is 12.3. The van der Waals surface area contributed by atoms with Crippen LogP contribution in [0.2, 0.25) is 0 Å². The fourth-order valence-electron chi connectivity index (χ4n) is 3.20. The number of imidazole rings is 1. The molecule has 3 aromatic rings. The molecule has 0 radical (unpaired) electrons. The quantitative estimate of drug-likeness (QED) is 0.707. The summed E-state index contributed by atoms with van der Waals surface area (Å²) in [6.45, 7) is 0.533. The molecule has 0 spiro atoms. The van der Waals surface area contributed by atoms with E-state index in [1.807, 2.05) is 24.3 Å². The van der Waals surface area contributed by atoms with Gasteiger partial charge in [0, 0.05) is 24.2 Å². The van der Waals surface area contributed by atoms with Crippen molar-refractivity contribution in [2.75, 3.05) is 23.4 Å². The summed E-state index contributed by atoms with van der Waals surface area (Å²) in [5, 5.41) is 2.59. The van der Waals surface area contributed by atoms with E-state index >= 15 is 0 Å². The topological polar surface area (TPSA) is 96.3 Å². The molecule has 1 saturated heterocycles. The molecule has 8 heteroatoms. The van der Waals surface area contributed by atoms with Crippen LogP contribution in [0.25, 0.3) is 11.0 Å². The van der Waals surface area contributed by atoms with Crippen LogP contribution < -0.4 is 15.6 Å². The molecule has 1 aliphatic heterocycles. The maximum atomic E-state index is 12.3. The van der Waals surface area contributed by atoms with Crippen LogP contribution in [0.3, 0.4) is 0 Å². The number of hydrogen-bond acceptors (Lipinski definition) is 4. The third-order valence-electron chi connectivity index (χ3n) is 4.62. The molecule has 3 amide bonds. The van der Waals surface area contributed by atoms with Crippen LogP contribution in [0.4, 0.5) is 5.69 Å². The SMILES string of the molecule is O=C(CNC(=O)c1ccc(N2CCCC2=O)cc1)Nn1cnc2ccccc21. The predicted octanol–water partition coefficient (Wildman–Crippen LogP) is 1.66. The molecule has 142 valence electrons. The van der Waals surface area contributed by atoms with E-state index in [2.05, 4.69) is 15.7 Å². The summed E-state index contributed by atoms with van der Waals surface area (Å²) in [5.74, 6) is -0.623. The van der Waals surface area contributed by atoms with Crippen LogP contribution >= 0.6 is 0 Å². The molecular weight excluding hydrogens is 358 g/mol. The summed E-state index contributed by atoms with van der Waals surface area (Å²) < 4.78 is 1.52. The monoisotopic (exact) mass is 377 g/mol. The van der Waals surface area contributed by atoms with Crippen LogP contribution in [0.5, 0.6) is 0 Å². The number of hydrogen-bond donors (Lipinski definition) is 2. The van der Waals surface area contributed by atoms with E-state index < -0.39 is 0 Å². The zero-order chi connectivity index (χ0) is 19.5. The number of rotatable bonds is 5. The first kappa shape index (κ1) is 17.7. The van der Waals surface area contributed by atoms with Crippen molar-refractivity contribution < 1.29 is 14.4 Å². The van der Waals surface area contributed by atoms with Crippen LogP contribution in [-0.4, -0.2) is 40.5 Å². The van der Waals surface area contributed by atoms with Gasteiger partial charge < -0.3 is 10.2 Å². The number of aromatic nitrogens is 2. The average molecular weight is 377 g/mol. The van der Waals surface area contributed by atoms with Crippen molar-refractivity contribution in [2.24, 2.45) is 0 Å². The molecule has 0 aliphatic carbocycles. The number of nitrogens with one attached hydrogen (secondary N) is 2. The summed E-state index contributed by atoms with van der Waals surface area (Å²) in [4.78, 5) is 42.1. The smallest absolute Gasteiger partial charge is 0.258 e. The normalized spacial score (nSPS) is 13.7. The van der Waals surface area contributed by atoms with E-state index in [0.29, 0.717) is 18.5 Å². The minimum atomic E-state index is -0.365. The van der Waals surface area contributed by atoms with Gasteiger partial charge in [-0.3, -0.25) is 19.8 Å². The molecule has 0 bridgehead atoms. The third kappa shape index (κ3) is 3.57. The van der Waals surface area contributed by atoms with Crippen molar-refractivity contribution in [3.05, 3.63) is 60.4 Å². The Bertz CT molecular complexity index is 1040. The fraction of sp³-hybridized carbons (Fsp3) is 0.200. The molecular formula is C20H19N5O3. The van der Waals surface area contributed by atoms with E-state index in [1.54, 1.807) is 29.2 Å². The molecule has 2 N–H and O–H groups in total. The minimum absolute atomic E-state index is 0.0981. The Hall–Kier alpha value is -3.68. The molecule has 28 heavy (non-hydrogen) atoms.